The second-order valence-electron chi connectivity index (χ2n) is 8.10. The monoisotopic (exact) mass is 397 g/mol. The number of thioether (sulfide) groups is 1. The van der Waals surface area contributed by atoms with Gasteiger partial charge in [0.15, 0.2) is 5.96 Å². The predicted octanol–water partition coefficient (Wildman–Crippen LogP) is 1.62. The van der Waals surface area contributed by atoms with E-state index in [1.54, 1.807) is 0 Å². The molecule has 2 heterocycles. The molecule has 0 spiro atoms. The average Bonchev–Trinajstić information content (AvgIpc) is 3.21. The summed E-state index contributed by atoms with van der Waals surface area (Å²) in [6.45, 7) is 13.5. The van der Waals surface area contributed by atoms with E-state index in [1.807, 2.05) is 0 Å². The largest absolute Gasteiger partial charge is 0.379 e. The molecule has 3 rings (SSSR count). The van der Waals surface area contributed by atoms with Gasteiger partial charge in [-0.05, 0) is 26.7 Å². The molecule has 0 aromatic heterocycles. The van der Waals surface area contributed by atoms with E-state index in [1.165, 1.54) is 50.3 Å². The van der Waals surface area contributed by atoms with Crippen LogP contribution in [0.5, 0.6) is 0 Å². The molecule has 0 amide bonds. The van der Waals surface area contributed by atoms with Crippen LogP contribution < -0.4 is 10.6 Å². The maximum atomic E-state index is 5.47. The molecule has 1 aliphatic carbocycles. The summed E-state index contributed by atoms with van der Waals surface area (Å²) in [6, 6.07) is 0.498. The summed E-state index contributed by atoms with van der Waals surface area (Å²) in [7, 11) is 0. The minimum Gasteiger partial charge on any atom is -0.379 e. The maximum absolute atomic E-state index is 5.47. The summed E-state index contributed by atoms with van der Waals surface area (Å²) >= 11 is 2.10. The molecule has 7 heteroatoms. The Hall–Kier alpha value is -0.500. The van der Waals surface area contributed by atoms with Crippen LogP contribution in [0.15, 0.2) is 4.99 Å². The molecule has 0 bridgehead atoms. The molecule has 3 aliphatic rings. The Kier molecular flexibility index (Phi) is 8.55. The topological polar surface area (TPSA) is 52.1 Å². The van der Waals surface area contributed by atoms with Crippen LogP contribution in [-0.4, -0.2) is 97.9 Å². The molecular weight excluding hydrogens is 358 g/mol. The second kappa shape index (κ2) is 10.9. The zero-order valence-corrected chi connectivity index (χ0v) is 18.2. The smallest absolute Gasteiger partial charge is 0.191 e. The minimum absolute atomic E-state index is 0.305. The number of guanidine groups is 1. The van der Waals surface area contributed by atoms with Gasteiger partial charge < -0.3 is 15.4 Å². The third kappa shape index (κ3) is 5.99. The molecule has 1 saturated carbocycles. The number of ether oxygens (including phenoxy) is 1. The molecule has 2 aliphatic heterocycles. The first-order valence-electron chi connectivity index (χ1n) is 10.9. The van der Waals surface area contributed by atoms with Crippen LogP contribution in [0, 0.1) is 0 Å². The van der Waals surface area contributed by atoms with Gasteiger partial charge in [0.2, 0.25) is 0 Å². The fourth-order valence-electron chi connectivity index (χ4n) is 4.60. The van der Waals surface area contributed by atoms with Gasteiger partial charge in [-0.2, -0.15) is 11.8 Å². The van der Waals surface area contributed by atoms with Gasteiger partial charge in [-0.15, -0.1) is 0 Å². The van der Waals surface area contributed by atoms with E-state index >= 15 is 0 Å². The Morgan fingerprint density at radius 2 is 1.81 bits per heavy atom. The van der Waals surface area contributed by atoms with Gasteiger partial charge in [0.25, 0.3) is 0 Å². The molecular formula is C20H39N5OS. The first kappa shape index (κ1) is 21.2. The van der Waals surface area contributed by atoms with Crippen LogP contribution >= 0.6 is 11.8 Å². The number of hydrogen-bond donors (Lipinski definition) is 2. The normalized spacial score (nSPS) is 26.1. The standard InChI is InChI=1S/C20H39N5OS/c1-3-21-19(22-16-18(2)24-8-12-26-13-9-24)23-17-20(6-4-5-7-20)25-10-14-27-15-11-25/h18H,3-17H2,1-2H3,(H2,21,22,23). The zero-order valence-electron chi connectivity index (χ0n) is 17.3. The van der Waals surface area contributed by atoms with Crippen molar-refractivity contribution in [3.63, 3.8) is 0 Å². The molecule has 0 aromatic rings. The van der Waals surface area contributed by atoms with Crippen molar-refractivity contribution in [1.82, 2.24) is 20.4 Å². The summed E-state index contributed by atoms with van der Waals surface area (Å²) < 4.78 is 5.47. The third-order valence-corrected chi connectivity index (χ3v) is 7.27. The number of aliphatic imine (C=N–C) groups is 1. The lowest BCUT2D eigenvalue weighted by Crippen LogP contribution is -2.53. The highest BCUT2D eigenvalue weighted by Crippen LogP contribution is 2.37. The Labute approximate surface area is 169 Å². The number of nitrogens with zero attached hydrogens (tertiary/aromatic N) is 3. The van der Waals surface area contributed by atoms with Crippen molar-refractivity contribution in [2.75, 3.05) is 70.5 Å². The van der Waals surface area contributed by atoms with E-state index in [-0.39, 0.29) is 0 Å². The zero-order chi connectivity index (χ0) is 19.0. The Balaban J connectivity index is 1.56. The molecule has 3 fully saturated rings. The molecule has 6 nitrogen and oxygen atoms in total. The van der Waals surface area contributed by atoms with Crippen LogP contribution in [0.4, 0.5) is 0 Å². The highest BCUT2D eigenvalue weighted by Gasteiger charge is 2.39. The molecule has 2 saturated heterocycles. The molecule has 0 radical (unpaired) electrons. The van der Waals surface area contributed by atoms with E-state index in [0.717, 1.165) is 51.9 Å². The van der Waals surface area contributed by atoms with E-state index in [0.29, 0.717) is 11.6 Å². The summed E-state index contributed by atoms with van der Waals surface area (Å²) in [6.07, 6.45) is 5.34. The lowest BCUT2D eigenvalue weighted by atomic mass is 9.95. The molecule has 27 heavy (non-hydrogen) atoms. The van der Waals surface area contributed by atoms with Crippen molar-refractivity contribution in [1.29, 1.82) is 0 Å². The van der Waals surface area contributed by atoms with E-state index in [4.69, 9.17) is 9.73 Å². The Morgan fingerprint density at radius 1 is 1.11 bits per heavy atom. The third-order valence-electron chi connectivity index (χ3n) is 6.33. The summed E-state index contributed by atoms with van der Waals surface area (Å²) in [4.78, 5) is 10.3. The Morgan fingerprint density at radius 3 is 2.48 bits per heavy atom. The molecule has 1 unspecified atom stereocenters. The van der Waals surface area contributed by atoms with E-state index in [9.17, 15) is 0 Å². The van der Waals surface area contributed by atoms with Crippen molar-refractivity contribution >= 4 is 17.7 Å². The van der Waals surface area contributed by atoms with Gasteiger partial charge in [-0.25, -0.2) is 0 Å². The summed E-state index contributed by atoms with van der Waals surface area (Å²) in [5.74, 6) is 3.54. The van der Waals surface area contributed by atoms with E-state index < -0.39 is 0 Å². The molecule has 156 valence electrons. The highest BCUT2D eigenvalue weighted by atomic mass is 32.2. The lowest BCUT2D eigenvalue weighted by molar-refractivity contribution is 0.0211. The molecule has 0 aromatic carbocycles. The van der Waals surface area contributed by atoms with Crippen molar-refractivity contribution < 1.29 is 4.74 Å². The van der Waals surface area contributed by atoms with Crippen LogP contribution in [0.1, 0.15) is 39.5 Å². The summed E-state index contributed by atoms with van der Waals surface area (Å²) in [5.41, 5.74) is 0.305. The number of morpholine rings is 1. The van der Waals surface area contributed by atoms with Crippen LogP contribution in [0.3, 0.4) is 0 Å². The maximum Gasteiger partial charge on any atom is 0.191 e. The van der Waals surface area contributed by atoms with Gasteiger partial charge in [0.05, 0.1) is 19.8 Å². The highest BCUT2D eigenvalue weighted by molar-refractivity contribution is 7.99. The lowest BCUT2D eigenvalue weighted by Gasteiger charge is -2.42. The average molecular weight is 398 g/mol. The van der Waals surface area contributed by atoms with Gasteiger partial charge >= 0.3 is 0 Å². The molecule has 1 atom stereocenters. The second-order valence-corrected chi connectivity index (χ2v) is 9.33. The van der Waals surface area contributed by atoms with Gasteiger partial charge in [0.1, 0.15) is 0 Å². The molecule has 2 N–H and O–H groups in total. The fraction of sp³-hybridized carbons (Fsp3) is 0.950. The Bertz CT molecular complexity index is 457. The van der Waals surface area contributed by atoms with E-state index in [2.05, 4.69) is 46.0 Å². The van der Waals surface area contributed by atoms with Crippen molar-refractivity contribution in [3.8, 4) is 0 Å². The summed E-state index contributed by atoms with van der Waals surface area (Å²) in [5, 5.41) is 7.05. The van der Waals surface area contributed by atoms with Crippen LogP contribution in [-0.2, 0) is 4.74 Å². The number of hydrogen-bond acceptors (Lipinski definition) is 5. The van der Waals surface area contributed by atoms with Crippen molar-refractivity contribution in [2.45, 2.75) is 51.1 Å². The van der Waals surface area contributed by atoms with Gasteiger partial charge in [0, 0.05) is 62.4 Å². The van der Waals surface area contributed by atoms with Crippen LogP contribution in [0.2, 0.25) is 0 Å². The van der Waals surface area contributed by atoms with Crippen molar-refractivity contribution in [3.05, 3.63) is 0 Å². The predicted molar refractivity (Wildman–Crippen MR) is 116 cm³/mol. The first-order valence-corrected chi connectivity index (χ1v) is 12.1. The number of rotatable bonds is 7. The quantitative estimate of drug-likeness (QED) is 0.503. The van der Waals surface area contributed by atoms with Crippen LogP contribution in [0.25, 0.3) is 0 Å². The minimum atomic E-state index is 0.305. The number of nitrogens with one attached hydrogen (secondary N) is 2. The van der Waals surface area contributed by atoms with Gasteiger partial charge in [-0.1, -0.05) is 12.8 Å². The SMILES string of the molecule is CCNC(=NCC1(N2CCSCC2)CCCC1)NCC(C)N1CCOCC1. The van der Waals surface area contributed by atoms with Crippen molar-refractivity contribution in [2.24, 2.45) is 4.99 Å². The first-order chi connectivity index (χ1) is 13.2. The van der Waals surface area contributed by atoms with Gasteiger partial charge in [-0.3, -0.25) is 14.8 Å². The fourth-order valence-corrected chi connectivity index (χ4v) is 5.51.